The number of benzene rings is 1. The van der Waals surface area contributed by atoms with Crippen LogP contribution in [0.5, 0.6) is 0 Å². The van der Waals surface area contributed by atoms with Gasteiger partial charge in [0.05, 0.1) is 17.5 Å². The van der Waals surface area contributed by atoms with Gasteiger partial charge in [-0.3, -0.25) is 4.79 Å². The van der Waals surface area contributed by atoms with Crippen molar-refractivity contribution in [3.05, 3.63) is 29.3 Å². The van der Waals surface area contributed by atoms with Crippen LogP contribution in [0.1, 0.15) is 31.4 Å². The summed E-state index contributed by atoms with van der Waals surface area (Å²) in [6.07, 6.45) is 0.741. The lowest BCUT2D eigenvalue weighted by atomic mass is 10.1. The van der Waals surface area contributed by atoms with Gasteiger partial charge in [-0.1, -0.05) is 43.8 Å². The van der Waals surface area contributed by atoms with Gasteiger partial charge >= 0.3 is 0 Å². The van der Waals surface area contributed by atoms with Crippen molar-refractivity contribution in [1.29, 1.82) is 0 Å². The number of aryl methyl sites for hydroxylation is 2. The van der Waals surface area contributed by atoms with Gasteiger partial charge in [-0.05, 0) is 31.4 Å². The van der Waals surface area contributed by atoms with E-state index in [9.17, 15) is 13.2 Å². The Morgan fingerprint density at radius 2 is 1.96 bits per heavy atom. The third-order valence-electron chi connectivity index (χ3n) is 4.99. The lowest BCUT2D eigenvalue weighted by Gasteiger charge is -2.28. The van der Waals surface area contributed by atoms with Crippen LogP contribution < -0.4 is 4.90 Å². The number of thioether (sulfide) groups is 1. The Hall–Kier alpha value is -1.34. The number of aliphatic imine (C=N–C) groups is 1. The molecule has 2 heterocycles. The van der Waals surface area contributed by atoms with E-state index >= 15 is 0 Å². The van der Waals surface area contributed by atoms with Gasteiger partial charge < -0.3 is 4.90 Å². The zero-order chi connectivity index (χ0) is 18.4. The quantitative estimate of drug-likeness (QED) is 0.806. The predicted molar refractivity (Wildman–Crippen MR) is 104 cm³/mol. The molecule has 1 amide bonds. The molecule has 1 aromatic carbocycles. The van der Waals surface area contributed by atoms with E-state index < -0.39 is 9.84 Å². The summed E-state index contributed by atoms with van der Waals surface area (Å²) in [4.78, 5) is 18.8. The summed E-state index contributed by atoms with van der Waals surface area (Å²) in [5, 5.41) is 0.583. The fraction of sp³-hybridized carbons (Fsp3) is 0.556. The molecule has 2 aliphatic rings. The molecule has 3 atom stereocenters. The number of para-hydroxylation sites is 1. The van der Waals surface area contributed by atoms with E-state index in [1.807, 2.05) is 50.8 Å². The SMILES string of the molecule is CC[C@@H](C)C(=O)N=C1S[C@H]2CS(=O)(=O)C[C@H]2N1c1c(C)cccc1C. The summed E-state index contributed by atoms with van der Waals surface area (Å²) in [5.41, 5.74) is 3.11. The van der Waals surface area contributed by atoms with E-state index in [4.69, 9.17) is 0 Å². The molecule has 136 valence electrons. The molecule has 2 saturated heterocycles. The molecule has 0 bridgehead atoms. The Balaban J connectivity index is 2.07. The maximum atomic E-state index is 12.4. The molecule has 7 heteroatoms. The second kappa shape index (κ2) is 6.76. The average Bonchev–Trinajstić information content (AvgIpc) is 2.98. The molecule has 2 fully saturated rings. The minimum absolute atomic E-state index is 0.0625. The Kier molecular flexibility index (Phi) is 4.99. The molecule has 0 aliphatic carbocycles. The highest BCUT2D eigenvalue weighted by Gasteiger charge is 2.50. The number of amides is 1. The van der Waals surface area contributed by atoms with Crippen LogP contribution in [0, 0.1) is 19.8 Å². The van der Waals surface area contributed by atoms with Gasteiger partial charge in [0.25, 0.3) is 5.91 Å². The molecule has 3 rings (SSSR count). The van der Waals surface area contributed by atoms with E-state index in [2.05, 4.69) is 4.99 Å². The van der Waals surface area contributed by atoms with E-state index in [1.54, 1.807) is 0 Å². The number of rotatable bonds is 3. The summed E-state index contributed by atoms with van der Waals surface area (Å²) in [6.45, 7) is 7.87. The molecule has 0 unspecified atom stereocenters. The molecular formula is C18H24N2O3S2. The third kappa shape index (κ3) is 3.49. The highest BCUT2D eigenvalue weighted by Crippen LogP contribution is 2.43. The number of amidine groups is 1. The lowest BCUT2D eigenvalue weighted by molar-refractivity contribution is -0.121. The fourth-order valence-corrected chi connectivity index (χ4v) is 7.30. The van der Waals surface area contributed by atoms with Crippen molar-refractivity contribution in [1.82, 2.24) is 0 Å². The van der Waals surface area contributed by atoms with Crippen LogP contribution in [0.15, 0.2) is 23.2 Å². The molecule has 0 radical (unpaired) electrons. The zero-order valence-electron chi connectivity index (χ0n) is 15.0. The van der Waals surface area contributed by atoms with Crippen molar-refractivity contribution in [2.75, 3.05) is 16.4 Å². The standard InChI is InChI=1S/C18H24N2O3S2/c1-5-11(2)17(21)19-18-20(16-12(3)7-6-8-13(16)4)14-9-25(22,23)10-15(14)24-18/h6-8,11,14-15H,5,9-10H2,1-4H3/t11-,14-,15+/m1/s1. The highest BCUT2D eigenvalue weighted by atomic mass is 32.2. The van der Waals surface area contributed by atoms with E-state index in [1.165, 1.54) is 11.8 Å². The van der Waals surface area contributed by atoms with Gasteiger partial charge in [0, 0.05) is 16.9 Å². The number of hydrogen-bond acceptors (Lipinski definition) is 4. The number of carbonyl (C=O) groups is 1. The van der Waals surface area contributed by atoms with E-state index in [0.29, 0.717) is 5.17 Å². The van der Waals surface area contributed by atoms with E-state index in [0.717, 1.165) is 23.2 Å². The van der Waals surface area contributed by atoms with Gasteiger partial charge in [-0.2, -0.15) is 4.99 Å². The monoisotopic (exact) mass is 380 g/mol. The second-order valence-corrected chi connectivity index (χ2v) is 10.3. The summed E-state index contributed by atoms with van der Waals surface area (Å²) in [7, 11) is -3.05. The Morgan fingerprint density at radius 1 is 1.32 bits per heavy atom. The van der Waals surface area contributed by atoms with Crippen molar-refractivity contribution in [2.45, 2.75) is 45.4 Å². The molecule has 0 saturated carbocycles. The predicted octanol–water partition coefficient (Wildman–Crippen LogP) is 2.95. The van der Waals surface area contributed by atoms with Crippen molar-refractivity contribution >= 4 is 38.4 Å². The van der Waals surface area contributed by atoms with Crippen LogP contribution in [-0.4, -0.2) is 42.3 Å². The molecule has 0 N–H and O–H groups in total. The number of hydrogen-bond donors (Lipinski definition) is 0. The lowest BCUT2D eigenvalue weighted by Crippen LogP contribution is -2.38. The van der Waals surface area contributed by atoms with Crippen LogP contribution in [0.25, 0.3) is 0 Å². The summed E-state index contributed by atoms with van der Waals surface area (Å²) >= 11 is 1.44. The summed E-state index contributed by atoms with van der Waals surface area (Å²) < 4.78 is 24.3. The fourth-order valence-electron chi connectivity index (χ4n) is 3.39. The number of carbonyl (C=O) groups excluding carboxylic acids is 1. The van der Waals surface area contributed by atoms with Crippen LogP contribution in [0.4, 0.5) is 5.69 Å². The van der Waals surface area contributed by atoms with Crippen LogP contribution >= 0.6 is 11.8 Å². The van der Waals surface area contributed by atoms with Crippen molar-refractivity contribution in [3.63, 3.8) is 0 Å². The van der Waals surface area contributed by atoms with Crippen LogP contribution in [-0.2, 0) is 14.6 Å². The Labute approximate surface area is 153 Å². The van der Waals surface area contributed by atoms with Crippen LogP contribution in [0.3, 0.4) is 0 Å². The molecular weight excluding hydrogens is 356 g/mol. The first-order valence-corrected chi connectivity index (χ1v) is 11.3. The van der Waals surface area contributed by atoms with Crippen LogP contribution in [0.2, 0.25) is 0 Å². The molecule has 2 aliphatic heterocycles. The van der Waals surface area contributed by atoms with Gasteiger partial charge in [0.15, 0.2) is 15.0 Å². The second-order valence-electron chi connectivity index (χ2n) is 6.95. The topological polar surface area (TPSA) is 66.8 Å². The zero-order valence-corrected chi connectivity index (χ0v) is 16.7. The maximum absolute atomic E-state index is 12.4. The Morgan fingerprint density at radius 3 is 2.56 bits per heavy atom. The molecule has 0 aromatic heterocycles. The maximum Gasteiger partial charge on any atom is 0.250 e. The third-order valence-corrected chi connectivity index (χ3v) is 8.20. The highest BCUT2D eigenvalue weighted by molar-refractivity contribution is 8.16. The summed E-state index contributed by atoms with van der Waals surface area (Å²) in [6, 6.07) is 5.86. The Bertz CT molecular complexity index is 812. The first-order chi connectivity index (χ1) is 11.7. The van der Waals surface area contributed by atoms with Crippen molar-refractivity contribution < 1.29 is 13.2 Å². The molecule has 0 spiro atoms. The van der Waals surface area contributed by atoms with Gasteiger partial charge in [-0.25, -0.2) is 8.42 Å². The summed E-state index contributed by atoms with van der Waals surface area (Å²) in [5.74, 6) is 0.0103. The largest absolute Gasteiger partial charge is 0.315 e. The number of anilines is 1. The van der Waals surface area contributed by atoms with Gasteiger partial charge in [0.2, 0.25) is 0 Å². The van der Waals surface area contributed by atoms with Gasteiger partial charge in [0.1, 0.15) is 0 Å². The smallest absolute Gasteiger partial charge is 0.250 e. The number of fused-ring (bicyclic) bond motifs is 1. The average molecular weight is 381 g/mol. The number of nitrogens with zero attached hydrogens (tertiary/aromatic N) is 2. The van der Waals surface area contributed by atoms with Crippen molar-refractivity contribution in [2.24, 2.45) is 10.9 Å². The van der Waals surface area contributed by atoms with Gasteiger partial charge in [-0.15, -0.1) is 0 Å². The number of sulfone groups is 1. The molecule has 5 nitrogen and oxygen atoms in total. The first-order valence-electron chi connectivity index (χ1n) is 8.58. The minimum atomic E-state index is -3.05. The normalized spacial score (nSPS) is 27.5. The first kappa shape index (κ1) is 18.5. The van der Waals surface area contributed by atoms with E-state index in [-0.39, 0.29) is 34.6 Å². The molecule has 25 heavy (non-hydrogen) atoms. The minimum Gasteiger partial charge on any atom is -0.315 e. The van der Waals surface area contributed by atoms with Crippen molar-refractivity contribution in [3.8, 4) is 0 Å². The molecule has 1 aromatic rings.